The highest BCUT2D eigenvalue weighted by atomic mass is 32.2. The topological polar surface area (TPSA) is 102 Å². The first-order valence-corrected chi connectivity index (χ1v) is 9.24. The van der Waals surface area contributed by atoms with Gasteiger partial charge in [0.1, 0.15) is 6.54 Å². The largest absolute Gasteiger partial charge is 0.394 e. The van der Waals surface area contributed by atoms with Gasteiger partial charge in [0.15, 0.2) is 5.65 Å². The van der Waals surface area contributed by atoms with E-state index in [1.807, 2.05) is 6.26 Å². The van der Waals surface area contributed by atoms with Crippen molar-refractivity contribution in [2.75, 3.05) is 18.6 Å². The molecule has 0 spiro atoms. The van der Waals surface area contributed by atoms with E-state index in [1.54, 1.807) is 40.8 Å². The van der Waals surface area contributed by atoms with Gasteiger partial charge in [-0.3, -0.25) is 9.59 Å². The van der Waals surface area contributed by atoms with Gasteiger partial charge in [0.05, 0.1) is 29.7 Å². The van der Waals surface area contributed by atoms with E-state index < -0.39 is 0 Å². The van der Waals surface area contributed by atoms with Gasteiger partial charge in [-0.05, 0) is 24.5 Å². The summed E-state index contributed by atoms with van der Waals surface area (Å²) in [4.78, 5) is 29.0. The van der Waals surface area contributed by atoms with Crippen LogP contribution in [-0.2, 0) is 11.3 Å². The molecule has 0 aliphatic heterocycles. The molecular formula is C16H19N5O3S. The molecule has 0 fully saturated rings. The van der Waals surface area contributed by atoms with Gasteiger partial charge in [0.25, 0.3) is 5.56 Å². The van der Waals surface area contributed by atoms with Crippen molar-refractivity contribution in [1.82, 2.24) is 24.5 Å². The molecular weight excluding hydrogens is 342 g/mol. The van der Waals surface area contributed by atoms with Gasteiger partial charge >= 0.3 is 0 Å². The predicted octanol–water partition coefficient (Wildman–Crippen LogP) is 0.274. The number of aliphatic hydroxyl groups excluding tert-OH is 1. The van der Waals surface area contributed by atoms with Crippen molar-refractivity contribution >= 4 is 34.2 Å². The Labute approximate surface area is 147 Å². The molecule has 0 bridgehead atoms. The summed E-state index contributed by atoms with van der Waals surface area (Å²) in [6, 6.07) is 3.19. The zero-order valence-electron chi connectivity index (χ0n) is 13.8. The standard InChI is InChI=1S/C16H19N5O3S/c1-25-7-4-11(10-22)19-15(23)9-20-6-3-13-12(16(20)24)8-17-14-2-5-18-21(13)14/h2-3,5-6,8,11,22H,4,7,9-10H2,1H3,(H,19,23). The molecule has 0 radical (unpaired) electrons. The fourth-order valence-corrected chi connectivity index (χ4v) is 3.14. The highest BCUT2D eigenvalue weighted by Crippen LogP contribution is 2.10. The molecule has 0 aliphatic rings. The second-order valence-electron chi connectivity index (χ2n) is 5.64. The maximum absolute atomic E-state index is 12.6. The zero-order chi connectivity index (χ0) is 17.8. The van der Waals surface area contributed by atoms with E-state index in [4.69, 9.17) is 0 Å². The number of carbonyl (C=O) groups excluding carboxylic acids is 1. The van der Waals surface area contributed by atoms with Crippen molar-refractivity contribution in [3.8, 4) is 0 Å². The highest BCUT2D eigenvalue weighted by Gasteiger charge is 2.13. The van der Waals surface area contributed by atoms with Crippen LogP contribution in [0.25, 0.3) is 16.6 Å². The van der Waals surface area contributed by atoms with Crippen molar-refractivity contribution in [3.63, 3.8) is 0 Å². The van der Waals surface area contributed by atoms with Gasteiger partial charge in [-0.1, -0.05) is 0 Å². The first-order chi connectivity index (χ1) is 12.1. The van der Waals surface area contributed by atoms with Gasteiger partial charge in [-0.2, -0.15) is 16.9 Å². The summed E-state index contributed by atoms with van der Waals surface area (Å²) in [5.41, 5.74) is 0.994. The van der Waals surface area contributed by atoms with Gasteiger partial charge in [-0.15, -0.1) is 0 Å². The minimum absolute atomic E-state index is 0.109. The number of aliphatic hydroxyl groups is 1. The van der Waals surface area contributed by atoms with Crippen molar-refractivity contribution in [2.24, 2.45) is 0 Å². The van der Waals surface area contributed by atoms with E-state index in [-0.39, 0.29) is 30.7 Å². The number of nitrogens with zero attached hydrogens (tertiary/aromatic N) is 4. The summed E-state index contributed by atoms with van der Waals surface area (Å²) in [6.45, 7) is -0.234. The van der Waals surface area contributed by atoms with Crippen LogP contribution in [0, 0.1) is 0 Å². The van der Waals surface area contributed by atoms with E-state index in [0.717, 1.165) is 5.75 Å². The van der Waals surface area contributed by atoms with Crippen LogP contribution in [-0.4, -0.2) is 54.8 Å². The lowest BCUT2D eigenvalue weighted by Crippen LogP contribution is -2.41. The molecule has 8 nitrogen and oxygen atoms in total. The first kappa shape index (κ1) is 17.4. The Balaban J connectivity index is 1.82. The third kappa shape index (κ3) is 3.67. The summed E-state index contributed by atoms with van der Waals surface area (Å²) in [5, 5.41) is 16.6. The van der Waals surface area contributed by atoms with Crippen LogP contribution in [0.4, 0.5) is 0 Å². The van der Waals surface area contributed by atoms with Gasteiger partial charge in [0.2, 0.25) is 5.91 Å². The Morgan fingerprint density at radius 2 is 2.28 bits per heavy atom. The van der Waals surface area contributed by atoms with Crippen LogP contribution in [0.5, 0.6) is 0 Å². The zero-order valence-corrected chi connectivity index (χ0v) is 14.6. The fraction of sp³-hybridized carbons (Fsp3) is 0.375. The molecule has 1 amide bonds. The van der Waals surface area contributed by atoms with E-state index in [9.17, 15) is 14.7 Å². The van der Waals surface area contributed by atoms with Gasteiger partial charge in [0, 0.05) is 18.5 Å². The number of amides is 1. The number of hydrogen-bond donors (Lipinski definition) is 2. The fourth-order valence-electron chi connectivity index (χ4n) is 2.62. The predicted molar refractivity (Wildman–Crippen MR) is 96.8 cm³/mol. The third-order valence-electron chi connectivity index (χ3n) is 3.93. The molecule has 1 atom stereocenters. The van der Waals surface area contributed by atoms with Crippen LogP contribution in [0.1, 0.15) is 6.42 Å². The molecule has 0 saturated carbocycles. The van der Waals surface area contributed by atoms with Crippen LogP contribution in [0.3, 0.4) is 0 Å². The average Bonchev–Trinajstić information content (AvgIpc) is 3.10. The summed E-state index contributed by atoms with van der Waals surface area (Å²) in [7, 11) is 0. The van der Waals surface area contributed by atoms with E-state index in [1.165, 1.54) is 10.8 Å². The first-order valence-electron chi connectivity index (χ1n) is 7.85. The van der Waals surface area contributed by atoms with Crippen LogP contribution < -0.4 is 10.9 Å². The molecule has 1 unspecified atom stereocenters. The number of rotatable bonds is 7. The molecule has 0 saturated heterocycles. The van der Waals surface area contributed by atoms with E-state index in [0.29, 0.717) is 23.0 Å². The third-order valence-corrected chi connectivity index (χ3v) is 4.57. The Morgan fingerprint density at radius 3 is 3.04 bits per heavy atom. The maximum atomic E-state index is 12.6. The van der Waals surface area contributed by atoms with Gasteiger partial charge < -0.3 is 15.0 Å². The van der Waals surface area contributed by atoms with Crippen molar-refractivity contribution in [3.05, 3.63) is 41.1 Å². The SMILES string of the molecule is CSCCC(CO)NC(=O)Cn1ccc2c(cnc3ccnn32)c1=O. The normalized spacial score (nSPS) is 12.6. The number of fused-ring (bicyclic) bond motifs is 3. The average molecular weight is 361 g/mol. The Bertz CT molecular complexity index is 952. The highest BCUT2D eigenvalue weighted by molar-refractivity contribution is 7.98. The van der Waals surface area contributed by atoms with Crippen molar-refractivity contribution < 1.29 is 9.90 Å². The minimum Gasteiger partial charge on any atom is -0.394 e. The van der Waals surface area contributed by atoms with Gasteiger partial charge in [-0.25, -0.2) is 9.50 Å². The monoisotopic (exact) mass is 361 g/mol. The van der Waals surface area contributed by atoms with Crippen molar-refractivity contribution in [1.29, 1.82) is 0 Å². The summed E-state index contributed by atoms with van der Waals surface area (Å²) < 4.78 is 2.92. The number of carbonyl (C=O) groups is 1. The summed E-state index contributed by atoms with van der Waals surface area (Å²) in [5.74, 6) is 0.530. The molecule has 132 valence electrons. The smallest absolute Gasteiger partial charge is 0.262 e. The van der Waals surface area contributed by atoms with Crippen LogP contribution in [0.2, 0.25) is 0 Å². The molecule has 3 aromatic rings. The van der Waals surface area contributed by atoms with Crippen LogP contribution in [0.15, 0.2) is 35.5 Å². The van der Waals surface area contributed by atoms with E-state index in [2.05, 4.69) is 15.4 Å². The van der Waals surface area contributed by atoms with Crippen molar-refractivity contribution in [2.45, 2.75) is 19.0 Å². The number of nitrogens with one attached hydrogen (secondary N) is 1. The van der Waals surface area contributed by atoms with E-state index >= 15 is 0 Å². The Morgan fingerprint density at radius 1 is 1.44 bits per heavy atom. The molecule has 2 N–H and O–H groups in total. The second kappa shape index (κ2) is 7.66. The lowest BCUT2D eigenvalue weighted by atomic mass is 10.2. The molecule has 3 rings (SSSR count). The Hall–Kier alpha value is -2.39. The minimum atomic E-state index is -0.310. The maximum Gasteiger partial charge on any atom is 0.262 e. The second-order valence-corrected chi connectivity index (χ2v) is 6.62. The number of pyridine rings is 1. The van der Waals surface area contributed by atoms with Crippen LogP contribution >= 0.6 is 11.8 Å². The number of hydrogen-bond acceptors (Lipinski definition) is 6. The lowest BCUT2D eigenvalue weighted by molar-refractivity contribution is -0.122. The number of thioether (sulfide) groups is 1. The molecule has 3 aromatic heterocycles. The molecule has 0 aromatic carbocycles. The molecule has 0 aliphatic carbocycles. The Kier molecular flexibility index (Phi) is 5.34. The molecule has 9 heteroatoms. The number of aromatic nitrogens is 4. The lowest BCUT2D eigenvalue weighted by Gasteiger charge is -2.16. The molecule has 25 heavy (non-hydrogen) atoms. The summed E-state index contributed by atoms with van der Waals surface area (Å²) >= 11 is 1.65. The molecule has 3 heterocycles. The quantitative estimate of drug-likeness (QED) is 0.627. The summed E-state index contributed by atoms with van der Waals surface area (Å²) in [6.07, 6.45) is 7.33.